The van der Waals surface area contributed by atoms with Crippen molar-refractivity contribution in [3.63, 3.8) is 0 Å². The van der Waals surface area contributed by atoms with E-state index in [9.17, 15) is 19.1 Å². The van der Waals surface area contributed by atoms with Gasteiger partial charge < -0.3 is 20.5 Å². The molecule has 0 bridgehead atoms. The van der Waals surface area contributed by atoms with E-state index in [1.807, 2.05) is 0 Å². The Kier molecular flexibility index (Phi) is 7.68. The van der Waals surface area contributed by atoms with Crippen LogP contribution in [0.25, 0.3) is 16.8 Å². The van der Waals surface area contributed by atoms with Crippen LogP contribution in [-0.4, -0.2) is 58.7 Å². The second kappa shape index (κ2) is 11.3. The number of nitrogens with one attached hydrogen (secondary N) is 2. The molecule has 5 rings (SSSR count). The summed E-state index contributed by atoms with van der Waals surface area (Å²) < 4.78 is 23.2. The lowest BCUT2D eigenvalue weighted by Gasteiger charge is -2.21. The third kappa shape index (κ3) is 5.60. The van der Waals surface area contributed by atoms with Crippen molar-refractivity contribution in [2.45, 2.75) is 19.0 Å². The molecule has 0 aliphatic heterocycles. The van der Waals surface area contributed by atoms with Crippen LogP contribution < -0.4 is 20.9 Å². The average Bonchev–Trinajstić information content (AvgIpc) is 3.58. The molecule has 0 unspecified atom stereocenters. The monoisotopic (exact) mass is 581 g/mol. The Hall–Kier alpha value is -4.82. The van der Waals surface area contributed by atoms with Crippen LogP contribution in [0.3, 0.4) is 0 Å². The molecule has 0 saturated carbocycles. The Morgan fingerprint density at radius 1 is 1.24 bits per heavy atom. The van der Waals surface area contributed by atoms with E-state index in [1.54, 1.807) is 36.3 Å². The number of anilines is 2. The Bertz CT molecular complexity index is 1800. The molecule has 1 aromatic carbocycles. The lowest BCUT2D eigenvalue weighted by Crippen LogP contribution is -2.39. The molecule has 212 valence electrons. The molecule has 0 aliphatic rings. The largest absolute Gasteiger partial charge is 0.497 e. The zero-order chi connectivity index (χ0) is 29.3. The zero-order valence-corrected chi connectivity index (χ0v) is 22.9. The average molecular weight is 582 g/mol. The minimum atomic E-state index is -1.01. The number of amides is 1. The van der Waals surface area contributed by atoms with Crippen LogP contribution in [0.5, 0.6) is 5.75 Å². The SMILES string of the molecule is COc1cc(F)cc([C@@H](CO)NC(=O)[C@@H](C)n2cnn3cc(-c4nc(Nc5ccnn5C)ncc4Cl)cc3c2=O)c1. The first kappa shape index (κ1) is 27.7. The number of nitrogens with zero attached hydrogens (tertiary/aromatic N) is 7. The number of rotatable bonds is 9. The molecule has 1 amide bonds. The van der Waals surface area contributed by atoms with E-state index in [0.717, 1.165) is 4.57 Å². The number of hydrogen-bond donors (Lipinski definition) is 3. The molecular formula is C26H25ClFN9O4. The third-order valence-corrected chi connectivity index (χ3v) is 6.74. The number of benzene rings is 1. The summed E-state index contributed by atoms with van der Waals surface area (Å²) in [5.41, 5.74) is 0.850. The van der Waals surface area contributed by atoms with E-state index in [1.165, 1.54) is 49.3 Å². The maximum absolute atomic E-state index is 14.0. The van der Waals surface area contributed by atoms with Gasteiger partial charge in [0.15, 0.2) is 0 Å². The number of ether oxygens (including phenoxy) is 1. The molecular weight excluding hydrogens is 557 g/mol. The Morgan fingerprint density at radius 3 is 2.76 bits per heavy atom. The number of aryl methyl sites for hydroxylation is 1. The van der Waals surface area contributed by atoms with Crippen molar-refractivity contribution < 1.29 is 19.0 Å². The van der Waals surface area contributed by atoms with Crippen LogP contribution in [0.4, 0.5) is 16.2 Å². The fraction of sp³-hybridized carbons (Fsp3) is 0.231. The Labute approximate surface area is 237 Å². The quantitative estimate of drug-likeness (QED) is 0.238. The lowest BCUT2D eigenvalue weighted by atomic mass is 10.1. The number of halogens is 2. The maximum Gasteiger partial charge on any atom is 0.278 e. The molecule has 13 nitrogen and oxygen atoms in total. The van der Waals surface area contributed by atoms with Gasteiger partial charge in [-0.15, -0.1) is 0 Å². The van der Waals surface area contributed by atoms with Crippen LogP contribution >= 0.6 is 11.6 Å². The number of aliphatic hydroxyl groups is 1. The summed E-state index contributed by atoms with van der Waals surface area (Å²) in [6.45, 7) is 1.01. The molecule has 5 aromatic rings. The van der Waals surface area contributed by atoms with Crippen LogP contribution in [0.15, 0.2) is 60.0 Å². The van der Waals surface area contributed by atoms with Gasteiger partial charge in [-0.05, 0) is 30.7 Å². The highest BCUT2D eigenvalue weighted by molar-refractivity contribution is 6.32. The van der Waals surface area contributed by atoms with Crippen molar-refractivity contribution >= 4 is 34.8 Å². The van der Waals surface area contributed by atoms with Crippen LogP contribution in [0.1, 0.15) is 24.6 Å². The molecule has 3 N–H and O–H groups in total. The molecule has 4 aromatic heterocycles. The van der Waals surface area contributed by atoms with Crippen LogP contribution in [0, 0.1) is 5.82 Å². The van der Waals surface area contributed by atoms with Crippen LogP contribution in [0.2, 0.25) is 5.02 Å². The van der Waals surface area contributed by atoms with E-state index >= 15 is 0 Å². The molecule has 41 heavy (non-hydrogen) atoms. The van der Waals surface area contributed by atoms with Gasteiger partial charge in [0.25, 0.3) is 5.56 Å². The lowest BCUT2D eigenvalue weighted by molar-refractivity contribution is -0.125. The van der Waals surface area contributed by atoms with Gasteiger partial charge in [-0.1, -0.05) is 11.6 Å². The van der Waals surface area contributed by atoms with Crippen molar-refractivity contribution in [2.75, 3.05) is 19.0 Å². The number of fused-ring (bicyclic) bond motifs is 1. The summed E-state index contributed by atoms with van der Waals surface area (Å²) in [6.07, 6.45) is 5.89. The van der Waals surface area contributed by atoms with E-state index < -0.39 is 36.0 Å². The number of aliphatic hydroxyl groups excluding tert-OH is 1. The predicted octanol–water partition coefficient (Wildman–Crippen LogP) is 2.64. The van der Waals surface area contributed by atoms with Crippen molar-refractivity contribution in [1.29, 1.82) is 0 Å². The maximum atomic E-state index is 14.0. The number of carbonyl (C=O) groups excluding carboxylic acids is 1. The highest BCUT2D eigenvalue weighted by Gasteiger charge is 2.23. The summed E-state index contributed by atoms with van der Waals surface area (Å²) >= 11 is 6.39. The van der Waals surface area contributed by atoms with E-state index in [0.29, 0.717) is 22.6 Å². The standard InChI is InChI=1S/C26H25ClFN9O4/c1-14(24(39)32-20(12-38)15-6-17(28)9-18(7-15)41-3)36-13-31-37-11-16(8-21(37)25(36)40)23-19(27)10-29-26(34-23)33-22-4-5-30-35(22)2/h4-11,13-14,20,38H,12H2,1-3H3,(H,32,39)(H,29,33,34)/t14-,20-/m1/s1. The Morgan fingerprint density at radius 2 is 2.05 bits per heavy atom. The smallest absolute Gasteiger partial charge is 0.278 e. The first-order chi connectivity index (χ1) is 19.7. The molecule has 2 atom stereocenters. The first-order valence-corrected chi connectivity index (χ1v) is 12.7. The molecule has 15 heteroatoms. The summed E-state index contributed by atoms with van der Waals surface area (Å²) in [5.74, 6) is 0.000382. The summed E-state index contributed by atoms with van der Waals surface area (Å²) in [5, 5.41) is 24.2. The number of methoxy groups -OCH3 is 1. The van der Waals surface area contributed by atoms with Crippen molar-refractivity contribution in [3.05, 3.63) is 82.0 Å². The highest BCUT2D eigenvalue weighted by atomic mass is 35.5. The van der Waals surface area contributed by atoms with Gasteiger partial charge >= 0.3 is 0 Å². The van der Waals surface area contributed by atoms with Crippen LogP contribution in [-0.2, 0) is 11.8 Å². The summed E-state index contributed by atoms with van der Waals surface area (Å²) in [7, 11) is 3.15. The predicted molar refractivity (Wildman–Crippen MR) is 148 cm³/mol. The number of carbonyl (C=O) groups is 1. The van der Waals surface area contributed by atoms with Crippen molar-refractivity contribution in [2.24, 2.45) is 7.05 Å². The second-order valence-electron chi connectivity index (χ2n) is 9.10. The topological polar surface area (TPSA) is 153 Å². The third-order valence-electron chi connectivity index (χ3n) is 6.46. The van der Waals surface area contributed by atoms with E-state index in [4.69, 9.17) is 16.3 Å². The number of hydrogen-bond acceptors (Lipinski definition) is 9. The molecule has 4 heterocycles. The molecule has 0 aliphatic carbocycles. The van der Waals surface area contributed by atoms with Gasteiger partial charge in [-0.2, -0.15) is 10.2 Å². The minimum absolute atomic E-state index is 0.173. The summed E-state index contributed by atoms with van der Waals surface area (Å²) in [6, 6.07) is 5.25. The van der Waals surface area contributed by atoms with Gasteiger partial charge in [-0.25, -0.2) is 18.9 Å². The second-order valence-corrected chi connectivity index (χ2v) is 9.51. The summed E-state index contributed by atoms with van der Waals surface area (Å²) in [4.78, 5) is 35.2. The van der Waals surface area contributed by atoms with Crippen molar-refractivity contribution in [1.82, 2.24) is 39.2 Å². The van der Waals surface area contributed by atoms with Gasteiger partial charge in [0, 0.05) is 30.9 Å². The van der Waals surface area contributed by atoms with E-state index in [-0.39, 0.29) is 22.2 Å². The van der Waals surface area contributed by atoms with Gasteiger partial charge in [0.2, 0.25) is 11.9 Å². The van der Waals surface area contributed by atoms with Crippen molar-refractivity contribution in [3.8, 4) is 17.0 Å². The number of aromatic nitrogens is 7. The zero-order valence-electron chi connectivity index (χ0n) is 22.1. The van der Waals surface area contributed by atoms with Gasteiger partial charge in [0.05, 0.1) is 42.9 Å². The normalized spacial score (nSPS) is 12.7. The minimum Gasteiger partial charge on any atom is -0.497 e. The Balaban J connectivity index is 1.41. The first-order valence-electron chi connectivity index (χ1n) is 12.3. The van der Waals surface area contributed by atoms with Gasteiger partial charge in [0.1, 0.15) is 35.3 Å². The molecule has 0 radical (unpaired) electrons. The molecule has 0 saturated heterocycles. The fourth-order valence-corrected chi connectivity index (χ4v) is 4.41. The molecule has 0 spiro atoms. The van der Waals surface area contributed by atoms with Gasteiger partial charge in [-0.3, -0.25) is 18.8 Å². The molecule has 0 fully saturated rings. The fourth-order valence-electron chi connectivity index (χ4n) is 4.21. The van der Waals surface area contributed by atoms with E-state index in [2.05, 4.69) is 30.8 Å². The highest BCUT2D eigenvalue weighted by Crippen LogP contribution is 2.28.